The lowest BCUT2D eigenvalue weighted by atomic mass is 10.1. The minimum atomic E-state index is -3.66. The van der Waals surface area contributed by atoms with Crippen molar-refractivity contribution in [1.29, 1.82) is 0 Å². The van der Waals surface area contributed by atoms with E-state index >= 15 is 0 Å². The van der Waals surface area contributed by atoms with E-state index in [1.165, 1.54) is 0 Å². The van der Waals surface area contributed by atoms with Crippen molar-refractivity contribution in [2.24, 2.45) is 0 Å². The lowest BCUT2D eigenvalue weighted by Gasteiger charge is -2.32. The Balaban J connectivity index is 1.75. The van der Waals surface area contributed by atoms with Crippen LogP contribution in [0.2, 0.25) is 0 Å². The molecule has 0 aliphatic carbocycles. The van der Waals surface area contributed by atoms with Gasteiger partial charge in [-0.25, -0.2) is 13.1 Å². The van der Waals surface area contributed by atoms with Gasteiger partial charge in [-0.2, -0.15) is 0 Å². The Hall–Kier alpha value is -2.12. The van der Waals surface area contributed by atoms with E-state index in [4.69, 9.17) is 5.73 Å². The highest BCUT2D eigenvalue weighted by Crippen LogP contribution is 2.28. The van der Waals surface area contributed by atoms with Gasteiger partial charge in [-0.3, -0.25) is 4.79 Å². The molecule has 26 heavy (non-hydrogen) atoms. The maximum atomic E-state index is 12.9. The molecule has 7 heteroatoms. The number of fused-ring (bicyclic) bond motifs is 1. The number of carbonyl (C=O) groups excluding carboxylic acids is 1. The molecule has 1 aliphatic rings. The van der Waals surface area contributed by atoms with Crippen LogP contribution in [-0.4, -0.2) is 38.4 Å². The van der Waals surface area contributed by atoms with Gasteiger partial charge in [-0.15, -0.1) is 0 Å². The van der Waals surface area contributed by atoms with Gasteiger partial charge in [0.15, 0.2) is 0 Å². The van der Waals surface area contributed by atoms with E-state index in [1.807, 2.05) is 24.0 Å². The predicted molar refractivity (Wildman–Crippen MR) is 103 cm³/mol. The van der Waals surface area contributed by atoms with Gasteiger partial charge in [0.2, 0.25) is 15.9 Å². The molecule has 2 aromatic carbocycles. The molecule has 0 unspecified atom stereocenters. The lowest BCUT2D eigenvalue weighted by Crippen LogP contribution is -2.46. The fourth-order valence-corrected chi connectivity index (χ4v) is 4.95. The molecule has 2 aromatic rings. The number of piperidine rings is 1. The molecular formula is C19H25N3O3S. The van der Waals surface area contributed by atoms with Crippen LogP contribution in [0.1, 0.15) is 32.6 Å². The molecule has 1 heterocycles. The van der Waals surface area contributed by atoms with Gasteiger partial charge in [0.05, 0.1) is 4.90 Å². The van der Waals surface area contributed by atoms with Crippen LogP contribution < -0.4 is 10.5 Å². The maximum absolute atomic E-state index is 12.9. The number of benzene rings is 2. The summed E-state index contributed by atoms with van der Waals surface area (Å²) in [4.78, 5) is 14.0. The van der Waals surface area contributed by atoms with E-state index in [9.17, 15) is 13.2 Å². The summed E-state index contributed by atoms with van der Waals surface area (Å²) < 4.78 is 28.6. The van der Waals surface area contributed by atoms with Gasteiger partial charge in [-0.1, -0.05) is 31.2 Å². The maximum Gasteiger partial charge on any atom is 0.241 e. The molecule has 0 bridgehead atoms. The minimum absolute atomic E-state index is 0.151. The molecule has 0 saturated carbocycles. The fraction of sp³-hybridized carbons (Fsp3) is 0.421. The molecule has 1 amide bonds. The number of sulfonamides is 1. The first kappa shape index (κ1) is 18.7. The van der Waals surface area contributed by atoms with E-state index < -0.39 is 10.0 Å². The Kier molecular flexibility index (Phi) is 5.48. The van der Waals surface area contributed by atoms with Crippen molar-refractivity contribution in [2.75, 3.05) is 18.8 Å². The number of nitrogens with one attached hydrogen (secondary N) is 1. The summed E-state index contributed by atoms with van der Waals surface area (Å²) in [7, 11) is -3.66. The average Bonchev–Trinajstić information content (AvgIpc) is 2.62. The predicted octanol–water partition coefficient (Wildman–Crippen LogP) is 2.49. The van der Waals surface area contributed by atoms with Gasteiger partial charge in [0.1, 0.15) is 0 Å². The Morgan fingerprint density at radius 1 is 1.15 bits per heavy atom. The Morgan fingerprint density at radius 2 is 1.81 bits per heavy atom. The molecular weight excluding hydrogens is 350 g/mol. The number of carbonyl (C=O) groups is 1. The van der Waals surface area contributed by atoms with Crippen LogP contribution in [0.15, 0.2) is 41.3 Å². The zero-order valence-corrected chi connectivity index (χ0v) is 15.8. The zero-order valence-electron chi connectivity index (χ0n) is 14.9. The van der Waals surface area contributed by atoms with Crippen molar-refractivity contribution in [3.8, 4) is 0 Å². The molecule has 0 spiro atoms. The van der Waals surface area contributed by atoms with Crippen LogP contribution in [0.5, 0.6) is 0 Å². The molecule has 3 N–H and O–H groups in total. The van der Waals surface area contributed by atoms with Crippen LogP contribution in [0.3, 0.4) is 0 Å². The second-order valence-electron chi connectivity index (χ2n) is 6.72. The minimum Gasteiger partial charge on any atom is -0.398 e. The largest absolute Gasteiger partial charge is 0.398 e. The summed E-state index contributed by atoms with van der Waals surface area (Å²) in [6, 6.07) is 10.3. The zero-order chi connectivity index (χ0) is 18.7. The number of nitrogens with zero attached hydrogens (tertiary/aromatic N) is 1. The third-order valence-electron chi connectivity index (χ3n) is 4.84. The summed E-state index contributed by atoms with van der Waals surface area (Å²) in [5, 5.41) is 1.35. The van der Waals surface area contributed by atoms with Gasteiger partial charge in [-0.05, 0) is 31.4 Å². The van der Waals surface area contributed by atoms with E-state index in [0.29, 0.717) is 43.4 Å². The summed E-state index contributed by atoms with van der Waals surface area (Å²) >= 11 is 0. The van der Waals surface area contributed by atoms with Crippen LogP contribution in [-0.2, 0) is 14.8 Å². The molecule has 1 fully saturated rings. The molecule has 6 nitrogen and oxygen atoms in total. The molecule has 0 atom stereocenters. The standard InChI is InChI=1S/C19H25N3O3S/c1-2-5-19(23)22-12-10-14(11-13-22)21-26(24,25)18-9-8-17(20)15-6-3-4-7-16(15)18/h3-4,6-9,14,21H,2,5,10-13,20H2,1H3. The number of rotatable bonds is 5. The third kappa shape index (κ3) is 3.83. The van der Waals surface area contributed by atoms with Gasteiger partial charge in [0.25, 0.3) is 0 Å². The molecule has 1 aliphatic heterocycles. The van der Waals surface area contributed by atoms with Crippen LogP contribution in [0, 0.1) is 0 Å². The van der Waals surface area contributed by atoms with Crippen molar-refractivity contribution in [2.45, 2.75) is 43.5 Å². The summed E-state index contributed by atoms with van der Waals surface area (Å²) in [5.74, 6) is 0.151. The van der Waals surface area contributed by atoms with Crippen molar-refractivity contribution in [3.63, 3.8) is 0 Å². The normalized spacial score (nSPS) is 16.1. The van der Waals surface area contributed by atoms with E-state index in [0.717, 1.165) is 11.8 Å². The SMILES string of the molecule is CCCC(=O)N1CCC(NS(=O)(=O)c2ccc(N)c3ccccc23)CC1. The Bertz CT molecular complexity index is 903. The quantitative estimate of drug-likeness (QED) is 0.785. The van der Waals surface area contributed by atoms with E-state index in [1.54, 1.807) is 24.3 Å². The van der Waals surface area contributed by atoms with Gasteiger partial charge in [0, 0.05) is 42.0 Å². The van der Waals surface area contributed by atoms with E-state index in [-0.39, 0.29) is 16.8 Å². The Labute approximate surface area is 154 Å². The second kappa shape index (κ2) is 7.63. The molecule has 0 aromatic heterocycles. The first-order chi connectivity index (χ1) is 12.4. The summed E-state index contributed by atoms with van der Waals surface area (Å²) in [5.41, 5.74) is 6.53. The monoisotopic (exact) mass is 375 g/mol. The molecule has 1 saturated heterocycles. The van der Waals surface area contributed by atoms with Crippen molar-refractivity contribution in [3.05, 3.63) is 36.4 Å². The third-order valence-corrected chi connectivity index (χ3v) is 6.42. The van der Waals surface area contributed by atoms with Gasteiger partial charge < -0.3 is 10.6 Å². The number of hydrogen-bond donors (Lipinski definition) is 2. The highest BCUT2D eigenvalue weighted by atomic mass is 32.2. The van der Waals surface area contributed by atoms with Crippen molar-refractivity contribution in [1.82, 2.24) is 9.62 Å². The number of hydrogen-bond acceptors (Lipinski definition) is 4. The first-order valence-electron chi connectivity index (χ1n) is 8.99. The number of anilines is 1. The smallest absolute Gasteiger partial charge is 0.241 e. The van der Waals surface area contributed by atoms with Crippen molar-refractivity contribution >= 4 is 32.4 Å². The number of nitrogen functional groups attached to an aromatic ring is 1. The fourth-order valence-electron chi connectivity index (χ4n) is 3.43. The van der Waals surface area contributed by atoms with Crippen molar-refractivity contribution < 1.29 is 13.2 Å². The summed E-state index contributed by atoms with van der Waals surface area (Å²) in [6.07, 6.45) is 2.63. The van der Waals surface area contributed by atoms with Crippen LogP contribution >= 0.6 is 0 Å². The highest BCUT2D eigenvalue weighted by Gasteiger charge is 2.27. The summed E-state index contributed by atoms with van der Waals surface area (Å²) in [6.45, 7) is 3.17. The van der Waals surface area contributed by atoms with Crippen LogP contribution in [0.25, 0.3) is 10.8 Å². The average molecular weight is 375 g/mol. The molecule has 140 valence electrons. The molecule has 0 radical (unpaired) electrons. The number of nitrogens with two attached hydrogens (primary N) is 1. The lowest BCUT2D eigenvalue weighted by molar-refractivity contribution is -0.132. The topological polar surface area (TPSA) is 92.5 Å². The van der Waals surface area contributed by atoms with Crippen LogP contribution in [0.4, 0.5) is 5.69 Å². The first-order valence-corrected chi connectivity index (χ1v) is 10.5. The number of amides is 1. The highest BCUT2D eigenvalue weighted by molar-refractivity contribution is 7.89. The Morgan fingerprint density at radius 3 is 2.46 bits per heavy atom. The molecule has 3 rings (SSSR count). The second-order valence-corrected chi connectivity index (χ2v) is 8.41. The number of likely N-dealkylation sites (tertiary alicyclic amines) is 1. The van der Waals surface area contributed by atoms with Gasteiger partial charge >= 0.3 is 0 Å². The van der Waals surface area contributed by atoms with E-state index in [2.05, 4.69) is 4.72 Å².